The Morgan fingerprint density at radius 2 is 2.15 bits per heavy atom. The van der Waals surface area contributed by atoms with E-state index in [0.717, 1.165) is 52.0 Å². The Morgan fingerprint density at radius 3 is 2.85 bits per heavy atom. The highest BCUT2D eigenvalue weighted by Gasteiger charge is 2.27. The van der Waals surface area contributed by atoms with E-state index in [2.05, 4.69) is 16.1 Å². The maximum Gasteiger partial charge on any atom is 0.208 e. The summed E-state index contributed by atoms with van der Waals surface area (Å²) in [4.78, 5) is 0. The molecule has 2 unspecified atom stereocenters. The van der Waals surface area contributed by atoms with E-state index in [4.69, 9.17) is 4.74 Å². The van der Waals surface area contributed by atoms with Crippen molar-refractivity contribution in [3.8, 4) is 0 Å². The van der Waals surface area contributed by atoms with Crippen LogP contribution in [0.25, 0.3) is 0 Å². The third-order valence-electron chi connectivity index (χ3n) is 4.02. The van der Waals surface area contributed by atoms with Crippen molar-refractivity contribution in [1.29, 1.82) is 0 Å². The van der Waals surface area contributed by atoms with Gasteiger partial charge in [0.05, 0.1) is 19.5 Å². The lowest BCUT2D eigenvalue weighted by atomic mass is 9.85. The highest BCUT2D eigenvalue weighted by atomic mass is 32.2. The number of rotatable bonds is 6. The van der Waals surface area contributed by atoms with E-state index in [1.807, 2.05) is 0 Å². The number of nitrogens with one attached hydrogen (secondary N) is 2. The third kappa shape index (κ3) is 5.52. The van der Waals surface area contributed by atoms with Crippen molar-refractivity contribution in [3.63, 3.8) is 0 Å². The minimum Gasteiger partial charge on any atom is -0.377 e. The van der Waals surface area contributed by atoms with E-state index < -0.39 is 10.0 Å². The fraction of sp³-hybridized carbons (Fsp3) is 0.857. The average molecular weight is 302 g/mol. The fourth-order valence-corrected chi connectivity index (χ4v) is 3.89. The predicted molar refractivity (Wildman–Crippen MR) is 80.1 cm³/mol. The molecule has 0 spiro atoms. The second kappa shape index (κ2) is 7.54. The Kier molecular flexibility index (Phi) is 6.01. The minimum atomic E-state index is -3.11. The van der Waals surface area contributed by atoms with Crippen LogP contribution >= 0.6 is 0 Å². The zero-order valence-electron chi connectivity index (χ0n) is 12.2. The lowest BCUT2D eigenvalue weighted by molar-refractivity contribution is 0.148. The van der Waals surface area contributed by atoms with Crippen molar-refractivity contribution >= 4 is 10.0 Å². The third-order valence-corrected chi connectivity index (χ3v) is 4.75. The molecule has 0 aromatic carbocycles. The van der Waals surface area contributed by atoms with Crippen LogP contribution in [0.2, 0.25) is 0 Å². The van der Waals surface area contributed by atoms with Gasteiger partial charge in [-0.05, 0) is 37.3 Å². The molecule has 2 rings (SSSR count). The van der Waals surface area contributed by atoms with E-state index in [9.17, 15) is 8.42 Å². The Morgan fingerprint density at radius 1 is 1.35 bits per heavy atom. The predicted octanol–water partition coefficient (Wildman–Crippen LogP) is 1.03. The Balaban J connectivity index is 1.78. The fourth-order valence-electron chi connectivity index (χ4n) is 3.03. The molecule has 0 bridgehead atoms. The van der Waals surface area contributed by atoms with Crippen LogP contribution in [0.4, 0.5) is 0 Å². The molecule has 0 aromatic heterocycles. The maximum atomic E-state index is 11.4. The monoisotopic (exact) mass is 302 g/mol. The molecule has 0 aromatic rings. The van der Waals surface area contributed by atoms with E-state index in [0.29, 0.717) is 5.92 Å². The van der Waals surface area contributed by atoms with Crippen molar-refractivity contribution < 1.29 is 13.2 Å². The number of sulfonamides is 1. The largest absolute Gasteiger partial charge is 0.377 e. The molecule has 1 saturated carbocycles. The topological polar surface area (TPSA) is 67.4 Å². The maximum absolute atomic E-state index is 11.4. The number of hydrogen-bond donors (Lipinski definition) is 2. The summed E-state index contributed by atoms with van der Waals surface area (Å²) < 4.78 is 31.0. The summed E-state index contributed by atoms with van der Waals surface area (Å²) in [6.45, 7) is 3.27. The first-order valence-corrected chi connectivity index (χ1v) is 9.37. The average Bonchev–Trinajstić information content (AvgIpc) is 2.40. The van der Waals surface area contributed by atoms with Gasteiger partial charge in [0.15, 0.2) is 0 Å². The Hall–Kier alpha value is -0.430. The zero-order valence-corrected chi connectivity index (χ0v) is 13.0. The van der Waals surface area contributed by atoms with Gasteiger partial charge >= 0.3 is 0 Å². The van der Waals surface area contributed by atoms with Gasteiger partial charge in [0.1, 0.15) is 0 Å². The quantitative estimate of drug-likeness (QED) is 0.719. The van der Waals surface area contributed by atoms with E-state index in [-0.39, 0.29) is 6.04 Å². The first-order chi connectivity index (χ1) is 9.54. The normalized spacial score (nSPS) is 28.1. The summed E-state index contributed by atoms with van der Waals surface area (Å²) in [6.07, 6.45) is 8.84. The van der Waals surface area contributed by atoms with Crippen LogP contribution in [0.1, 0.15) is 32.1 Å². The van der Waals surface area contributed by atoms with Crippen LogP contribution in [0.15, 0.2) is 11.6 Å². The lowest BCUT2D eigenvalue weighted by Gasteiger charge is -2.32. The van der Waals surface area contributed by atoms with Crippen molar-refractivity contribution in [3.05, 3.63) is 11.6 Å². The number of hydrogen-bond acceptors (Lipinski definition) is 4. The standard InChI is InChI=1S/C14H26N2O3S/c1-20(17,18)16-14-7-3-2-6-13(14)10-15-9-12-5-4-8-19-11-12/h5,13-16H,2-4,6-11H2,1H3. The van der Waals surface area contributed by atoms with Crippen molar-refractivity contribution in [2.45, 2.75) is 38.1 Å². The molecular weight excluding hydrogens is 276 g/mol. The van der Waals surface area contributed by atoms with Gasteiger partial charge in [-0.1, -0.05) is 18.9 Å². The van der Waals surface area contributed by atoms with Crippen LogP contribution in [-0.4, -0.2) is 47.0 Å². The molecule has 1 aliphatic heterocycles. The molecule has 0 radical (unpaired) electrons. The highest BCUT2D eigenvalue weighted by Crippen LogP contribution is 2.24. The molecule has 1 heterocycles. The summed E-state index contributed by atoms with van der Waals surface area (Å²) in [5.74, 6) is 0.392. The second-order valence-electron chi connectivity index (χ2n) is 5.88. The van der Waals surface area contributed by atoms with E-state index in [1.54, 1.807) is 0 Å². The summed E-state index contributed by atoms with van der Waals surface area (Å²) in [7, 11) is -3.11. The van der Waals surface area contributed by atoms with Gasteiger partial charge < -0.3 is 10.1 Å². The van der Waals surface area contributed by atoms with Gasteiger partial charge in [0.25, 0.3) is 0 Å². The smallest absolute Gasteiger partial charge is 0.208 e. The van der Waals surface area contributed by atoms with Gasteiger partial charge in [-0.25, -0.2) is 13.1 Å². The first kappa shape index (κ1) is 15.9. The van der Waals surface area contributed by atoms with Crippen LogP contribution in [-0.2, 0) is 14.8 Å². The molecule has 20 heavy (non-hydrogen) atoms. The highest BCUT2D eigenvalue weighted by molar-refractivity contribution is 7.88. The van der Waals surface area contributed by atoms with Crippen molar-refractivity contribution in [1.82, 2.24) is 10.0 Å². The molecule has 1 aliphatic carbocycles. The molecule has 116 valence electrons. The van der Waals surface area contributed by atoms with Crippen LogP contribution in [0.5, 0.6) is 0 Å². The molecule has 2 atom stereocenters. The molecule has 1 fully saturated rings. The zero-order chi connectivity index (χ0) is 14.4. The summed E-state index contributed by atoms with van der Waals surface area (Å²) >= 11 is 0. The van der Waals surface area contributed by atoms with Gasteiger partial charge in [-0.3, -0.25) is 0 Å². The summed E-state index contributed by atoms with van der Waals surface area (Å²) in [5.41, 5.74) is 1.31. The first-order valence-electron chi connectivity index (χ1n) is 7.48. The molecule has 5 nitrogen and oxygen atoms in total. The van der Waals surface area contributed by atoms with Crippen molar-refractivity contribution in [2.24, 2.45) is 5.92 Å². The minimum absolute atomic E-state index is 0.0860. The molecule has 2 aliphatic rings. The SMILES string of the molecule is CS(=O)(=O)NC1CCCCC1CNCC1=CCCOC1. The molecule has 0 saturated heterocycles. The van der Waals surface area contributed by atoms with Crippen LogP contribution in [0.3, 0.4) is 0 Å². The van der Waals surface area contributed by atoms with Crippen LogP contribution in [0, 0.1) is 5.92 Å². The van der Waals surface area contributed by atoms with E-state index >= 15 is 0 Å². The molecule has 2 N–H and O–H groups in total. The second-order valence-corrected chi connectivity index (χ2v) is 7.66. The number of ether oxygens (including phenoxy) is 1. The van der Waals surface area contributed by atoms with Crippen molar-refractivity contribution in [2.75, 3.05) is 32.6 Å². The van der Waals surface area contributed by atoms with Gasteiger partial charge in [-0.2, -0.15) is 0 Å². The van der Waals surface area contributed by atoms with Gasteiger partial charge in [-0.15, -0.1) is 0 Å². The van der Waals surface area contributed by atoms with Gasteiger partial charge in [0.2, 0.25) is 10.0 Å². The molecule has 6 heteroatoms. The van der Waals surface area contributed by atoms with E-state index in [1.165, 1.54) is 18.2 Å². The molecule has 0 amide bonds. The molecular formula is C14H26N2O3S. The van der Waals surface area contributed by atoms with Crippen LogP contribution < -0.4 is 10.0 Å². The summed E-state index contributed by atoms with van der Waals surface area (Å²) in [6, 6.07) is 0.0860. The lowest BCUT2D eigenvalue weighted by Crippen LogP contribution is -2.45. The summed E-state index contributed by atoms with van der Waals surface area (Å²) in [5, 5.41) is 3.46. The Labute approximate surface area is 122 Å². The Bertz CT molecular complexity index is 434. The van der Waals surface area contributed by atoms with Gasteiger partial charge in [0, 0.05) is 12.6 Å².